The summed E-state index contributed by atoms with van der Waals surface area (Å²) in [5.41, 5.74) is 0.912. The lowest BCUT2D eigenvalue weighted by Crippen LogP contribution is -2.34. The van der Waals surface area contributed by atoms with Gasteiger partial charge in [-0.1, -0.05) is 6.07 Å². The molecule has 0 aliphatic carbocycles. The summed E-state index contributed by atoms with van der Waals surface area (Å²) in [7, 11) is -3.26. The van der Waals surface area contributed by atoms with Gasteiger partial charge >= 0.3 is 0 Å². The van der Waals surface area contributed by atoms with Crippen LogP contribution in [0.3, 0.4) is 0 Å². The molecule has 110 valence electrons. The maximum Gasteiger partial charge on any atom is 0.251 e. The predicted molar refractivity (Wildman–Crippen MR) is 75.9 cm³/mol. The standard InChI is InChI=1S/C12H17N3O4S/c1-9(16)15-11-5-3-4-10(8-11)12(17)13-6-7-14-20(2,18)19/h3-5,8,14H,6-7H2,1-2H3,(H,13,17)(H,15,16). The minimum atomic E-state index is -3.26. The van der Waals surface area contributed by atoms with E-state index in [2.05, 4.69) is 15.4 Å². The first-order chi connectivity index (χ1) is 9.28. The topological polar surface area (TPSA) is 104 Å². The van der Waals surface area contributed by atoms with Crippen molar-refractivity contribution in [3.05, 3.63) is 29.8 Å². The molecule has 8 heteroatoms. The molecule has 0 spiro atoms. The number of benzene rings is 1. The molecule has 0 bridgehead atoms. The first kappa shape index (κ1) is 16.1. The van der Waals surface area contributed by atoms with Crippen molar-refractivity contribution in [2.45, 2.75) is 6.92 Å². The van der Waals surface area contributed by atoms with E-state index in [4.69, 9.17) is 0 Å². The Morgan fingerprint density at radius 2 is 1.90 bits per heavy atom. The summed E-state index contributed by atoms with van der Waals surface area (Å²) in [5, 5.41) is 5.15. The van der Waals surface area contributed by atoms with Crippen LogP contribution in [0.5, 0.6) is 0 Å². The van der Waals surface area contributed by atoms with Crippen LogP contribution in [0, 0.1) is 0 Å². The van der Waals surface area contributed by atoms with E-state index in [0.29, 0.717) is 11.3 Å². The van der Waals surface area contributed by atoms with Crippen molar-refractivity contribution >= 4 is 27.5 Å². The molecule has 1 rings (SSSR count). The number of hydrogen-bond acceptors (Lipinski definition) is 4. The highest BCUT2D eigenvalue weighted by Crippen LogP contribution is 2.10. The summed E-state index contributed by atoms with van der Waals surface area (Å²) in [5.74, 6) is -0.563. The van der Waals surface area contributed by atoms with E-state index in [9.17, 15) is 18.0 Å². The fourth-order valence-corrected chi connectivity index (χ4v) is 1.93. The van der Waals surface area contributed by atoms with Crippen LogP contribution in [0.2, 0.25) is 0 Å². The average Bonchev–Trinajstić information content (AvgIpc) is 2.32. The van der Waals surface area contributed by atoms with Crippen molar-refractivity contribution < 1.29 is 18.0 Å². The Morgan fingerprint density at radius 3 is 2.50 bits per heavy atom. The van der Waals surface area contributed by atoms with Gasteiger partial charge in [0.05, 0.1) is 6.26 Å². The van der Waals surface area contributed by atoms with Crippen LogP contribution in [0.15, 0.2) is 24.3 Å². The van der Waals surface area contributed by atoms with Crippen LogP contribution in [0.4, 0.5) is 5.69 Å². The summed E-state index contributed by atoms with van der Waals surface area (Å²) in [6, 6.07) is 6.46. The molecule has 0 aromatic heterocycles. The maximum atomic E-state index is 11.8. The molecule has 1 aromatic rings. The molecule has 3 N–H and O–H groups in total. The van der Waals surface area contributed by atoms with Crippen LogP contribution >= 0.6 is 0 Å². The highest BCUT2D eigenvalue weighted by Gasteiger charge is 2.07. The van der Waals surface area contributed by atoms with E-state index in [1.807, 2.05) is 0 Å². The van der Waals surface area contributed by atoms with Crippen LogP contribution in [-0.4, -0.2) is 39.6 Å². The van der Waals surface area contributed by atoms with E-state index in [1.54, 1.807) is 24.3 Å². The van der Waals surface area contributed by atoms with Gasteiger partial charge in [-0.3, -0.25) is 9.59 Å². The Morgan fingerprint density at radius 1 is 1.20 bits per heavy atom. The van der Waals surface area contributed by atoms with Crippen molar-refractivity contribution in [2.24, 2.45) is 0 Å². The number of sulfonamides is 1. The minimum Gasteiger partial charge on any atom is -0.351 e. The fourth-order valence-electron chi connectivity index (χ4n) is 1.46. The first-order valence-corrected chi connectivity index (χ1v) is 7.77. The third kappa shape index (κ3) is 6.30. The number of amides is 2. The molecule has 0 saturated heterocycles. The van der Waals surface area contributed by atoms with Crippen molar-refractivity contribution in [3.8, 4) is 0 Å². The lowest BCUT2D eigenvalue weighted by atomic mass is 10.2. The number of anilines is 1. The largest absolute Gasteiger partial charge is 0.351 e. The molecule has 0 aliphatic rings. The second-order valence-corrected chi connectivity index (χ2v) is 6.02. The summed E-state index contributed by atoms with van der Waals surface area (Å²) >= 11 is 0. The highest BCUT2D eigenvalue weighted by molar-refractivity contribution is 7.88. The van der Waals surface area contributed by atoms with Gasteiger partial charge in [0.1, 0.15) is 0 Å². The zero-order chi connectivity index (χ0) is 15.2. The van der Waals surface area contributed by atoms with Gasteiger partial charge in [-0.2, -0.15) is 0 Å². The second kappa shape index (κ2) is 7.01. The van der Waals surface area contributed by atoms with Crippen molar-refractivity contribution in [2.75, 3.05) is 24.7 Å². The molecule has 1 aromatic carbocycles. The normalized spacial score (nSPS) is 10.9. The predicted octanol–water partition coefficient (Wildman–Crippen LogP) is -0.0760. The van der Waals surface area contributed by atoms with Crippen molar-refractivity contribution in [1.29, 1.82) is 0 Å². The molecule has 0 radical (unpaired) electrons. The first-order valence-electron chi connectivity index (χ1n) is 5.88. The van der Waals surface area contributed by atoms with Crippen molar-refractivity contribution in [3.63, 3.8) is 0 Å². The summed E-state index contributed by atoms with van der Waals surface area (Å²) in [6.07, 6.45) is 1.05. The zero-order valence-electron chi connectivity index (χ0n) is 11.3. The Kier molecular flexibility index (Phi) is 5.66. The lowest BCUT2D eigenvalue weighted by Gasteiger charge is -2.07. The van der Waals surface area contributed by atoms with E-state index in [-0.39, 0.29) is 24.9 Å². The molecule has 2 amide bonds. The third-order valence-corrected chi connectivity index (χ3v) is 2.95. The van der Waals surface area contributed by atoms with Gasteiger partial charge < -0.3 is 10.6 Å². The molecular formula is C12H17N3O4S. The van der Waals surface area contributed by atoms with Crippen LogP contribution in [0.25, 0.3) is 0 Å². The van der Waals surface area contributed by atoms with Crippen molar-refractivity contribution in [1.82, 2.24) is 10.0 Å². The fraction of sp³-hybridized carbons (Fsp3) is 0.333. The number of hydrogen-bond donors (Lipinski definition) is 3. The Balaban J connectivity index is 2.53. The van der Waals surface area contributed by atoms with Gasteiger partial charge in [-0.05, 0) is 18.2 Å². The monoisotopic (exact) mass is 299 g/mol. The second-order valence-electron chi connectivity index (χ2n) is 4.18. The smallest absolute Gasteiger partial charge is 0.251 e. The SMILES string of the molecule is CC(=O)Nc1cccc(C(=O)NCCNS(C)(=O)=O)c1. The number of carbonyl (C=O) groups is 2. The molecule has 0 saturated carbocycles. The van der Waals surface area contributed by atoms with Gasteiger partial charge in [-0.25, -0.2) is 13.1 Å². The van der Waals surface area contributed by atoms with Gasteiger partial charge in [0, 0.05) is 31.3 Å². The van der Waals surface area contributed by atoms with Gasteiger partial charge in [-0.15, -0.1) is 0 Å². The molecule has 0 heterocycles. The van der Waals surface area contributed by atoms with E-state index < -0.39 is 10.0 Å². The molecule has 0 unspecified atom stereocenters. The van der Waals surface area contributed by atoms with Gasteiger partial charge in [0.25, 0.3) is 5.91 Å². The Hall–Kier alpha value is -1.93. The number of nitrogens with one attached hydrogen (secondary N) is 3. The van der Waals surface area contributed by atoms with Gasteiger partial charge in [0.2, 0.25) is 15.9 Å². The maximum absolute atomic E-state index is 11.8. The van der Waals surface area contributed by atoms with E-state index in [0.717, 1.165) is 6.26 Å². The molecular weight excluding hydrogens is 282 g/mol. The average molecular weight is 299 g/mol. The molecule has 0 fully saturated rings. The Labute approximate surface area is 117 Å². The summed E-state index contributed by atoms with van der Waals surface area (Å²) in [6.45, 7) is 1.68. The Bertz CT molecular complexity index is 598. The summed E-state index contributed by atoms with van der Waals surface area (Å²) < 4.78 is 23.9. The summed E-state index contributed by atoms with van der Waals surface area (Å²) in [4.78, 5) is 22.7. The number of carbonyl (C=O) groups excluding carboxylic acids is 2. The van der Waals surface area contributed by atoms with Gasteiger partial charge in [0.15, 0.2) is 0 Å². The van der Waals surface area contributed by atoms with Crippen LogP contribution in [0.1, 0.15) is 17.3 Å². The number of rotatable bonds is 6. The molecule has 20 heavy (non-hydrogen) atoms. The third-order valence-electron chi connectivity index (χ3n) is 2.22. The zero-order valence-corrected chi connectivity index (χ0v) is 12.1. The van der Waals surface area contributed by atoms with E-state index in [1.165, 1.54) is 6.92 Å². The molecule has 0 atom stereocenters. The van der Waals surface area contributed by atoms with E-state index >= 15 is 0 Å². The lowest BCUT2D eigenvalue weighted by molar-refractivity contribution is -0.114. The molecule has 0 aliphatic heterocycles. The minimum absolute atomic E-state index is 0.121. The van der Waals surface area contributed by atoms with Crippen LogP contribution < -0.4 is 15.4 Å². The van der Waals surface area contributed by atoms with Crippen LogP contribution in [-0.2, 0) is 14.8 Å². The molecule has 7 nitrogen and oxygen atoms in total. The quantitative estimate of drug-likeness (QED) is 0.639. The highest BCUT2D eigenvalue weighted by atomic mass is 32.2.